The molecule has 0 spiro atoms. The summed E-state index contributed by atoms with van der Waals surface area (Å²) in [4.78, 5) is 17.2. The fraction of sp³-hybridized carbons (Fsp3) is 0.130. The second-order valence-corrected chi connectivity index (χ2v) is 6.85. The highest BCUT2D eigenvalue weighted by Crippen LogP contribution is 2.23. The lowest BCUT2D eigenvalue weighted by Gasteiger charge is -2.17. The highest BCUT2D eigenvalue weighted by Gasteiger charge is 2.20. The average molecular weight is 391 g/mol. The molecule has 0 bridgehead atoms. The van der Waals surface area contributed by atoms with E-state index in [9.17, 15) is 13.6 Å². The number of carbonyl (C=O) groups is 1. The molecule has 0 radical (unpaired) electrons. The number of benzene rings is 3. The number of hydrogen-bond donors (Lipinski definition) is 1. The van der Waals surface area contributed by atoms with E-state index < -0.39 is 17.8 Å². The number of para-hydroxylation sites is 2. The molecule has 6 heteroatoms. The summed E-state index contributed by atoms with van der Waals surface area (Å²) in [7, 11) is 0. The van der Waals surface area contributed by atoms with Gasteiger partial charge >= 0.3 is 0 Å². The second-order valence-electron chi connectivity index (χ2n) is 6.85. The van der Waals surface area contributed by atoms with Crippen LogP contribution in [-0.4, -0.2) is 15.5 Å². The van der Waals surface area contributed by atoms with Gasteiger partial charge in [-0.1, -0.05) is 36.4 Å². The number of halogens is 2. The third kappa shape index (κ3) is 3.87. The lowest BCUT2D eigenvalue weighted by Crippen LogP contribution is -2.29. The van der Waals surface area contributed by atoms with Gasteiger partial charge in [0, 0.05) is 6.54 Å². The Morgan fingerprint density at radius 3 is 2.45 bits per heavy atom. The summed E-state index contributed by atoms with van der Waals surface area (Å²) in [6.45, 7) is 2.27. The maximum atomic E-state index is 13.9. The third-order valence-electron chi connectivity index (χ3n) is 4.79. The Labute approximate surface area is 166 Å². The molecule has 0 fully saturated rings. The van der Waals surface area contributed by atoms with Crippen LogP contribution in [0.15, 0.2) is 72.8 Å². The maximum absolute atomic E-state index is 13.9. The predicted octanol–water partition coefficient (Wildman–Crippen LogP) is 4.85. The Kier molecular flexibility index (Phi) is 5.08. The first kappa shape index (κ1) is 18.8. The van der Waals surface area contributed by atoms with Crippen molar-refractivity contribution >= 4 is 16.9 Å². The molecule has 29 heavy (non-hydrogen) atoms. The van der Waals surface area contributed by atoms with Crippen molar-refractivity contribution in [1.29, 1.82) is 0 Å². The quantitative estimate of drug-likeness (QED) is 0.528. The molecule has 4 rings (SSSR count). The lowest BCUT2D eigenvalue weighted by molar-refractivity contribution is 0.0933. The molecular formula is C23H19F2N3O. The summed E-state index contributed by atoms with van der Waals surface area (Å²) < 4.78 is 29.2. The van der Waals surface area contributed by atoms with Gasteiger partial charge in [0.1, 0.15) is 17.5 Å². The van der Waals surface area contributed by atoms with Crippen LogP contribution in [0.1, 0.15) is 34.7 Å². The van der Waals surface area contributed by atoms with E-state index in [4.69, 9.17) is 0 Å². The van der Waals surface area contributed by atoms with Crippen molar-refractivity contribution < 1.29 is 13.6 Å². The first-order chi connectivity index (χ1) is 14.0. The van der Waals surface area contributed by atoms with Gasteiger partial charge in [-0.05, 0) is 48.9 Å². The highest BCUT2D eigenvalue weighted by atomic mass is 19.1. The molecule has 0 aliphatic carbocycles. The van der Waals surface area contributed by atoms with E-state index in [1.54, 1.807) is 25.1 Å². The van der Waals surface area contributed by atoms with Crippen molar-refractivity contribution in [3.05, 3.63) is 101 Å². The Morgan fingerprint density at radius 2 is 1.69 bits per heavy atom. The normalized spacial score (nSPS) is 12.1. The molecule has 0 aliphatic heterocycles. The zero-order chi connectivity index (χ0) is 20.4. The van der Waals surface area contributed by atoms with E-state index in [1.807, 2.05) is 28.8 Å². The van der Waals surface area contributed by atoms with E-state index in [-0.39, 0.29) is 11.4 Å². The molecular weight excluding hydrogens is 372 g/mol. The number of carbonyl (C=O) groups excluding carboxylic acids is 1. The first-order valence-electron chi connectivity index (χ1n) is 9.28. The fourth-order valence-electron chi connectivity index (χ4n) is 3.35. The van der Waals surface area contributed by atoms with Gasteiger partial charge in [-0.2, -0.15) is 0 Å². The van der Waals surface area contributed by atoms with Gasteiger partial charge in [-0.15, -0.1) is 0 Å². The van der Waals surface area contributed by atoms with Crippen molar-refractivity contribution in [3.8, 4) is 0 Å². The van der Waals surface area contributed by atoms with Gasteiger partial charge in [0.15, 0.2) is 0 Å². The number of nitrogens with zero attached hydrogens (tertiary/aromatic N) is 2. The summed E-state index contributed by atoms with van der Waals surface area (Å²) in [5.74, 6) is -0.733. The monoisotopic (exact) mass is 391 g/mol. The minimum Gasteiger partial charge on any atom is -0.342 e. The van der Waals surface area contributed by atoms with Crippen LogP contribution in [0.3, 0.4) is 0 Å². The van der Waals surface area contributed by atoms with E-state index in [2.05, 4.69) is 10.3 Å². The second kappa shape index (κ2) is 7.83. The molecule has 1 N–H and O–H groups in total. The van der Waals surface area contributed by atoms with Gasteiger partial charge in [0.2, 0.25) is 0 Å². The van der Waals surface area contributed by atoms with E-state index in [0.717, 1.165) is 16.6 Å². The summed E-state index contributed by atoms with van der Waals surface area (Å²) in [6, 6.07) is 19.3. The number of aromatic nitrogens is 2. The van der Waals surface area contributed by atoms with Crippen LogP contribution in [0.2, 0.25) is 0 Å². The Balaban J connectivity index is 1.68. The van der Waals surface area contributed by atoms with Crippen molar-refractivity contribution in [3.63, 3.8) is 0 Å². The van der Waals surface area contributed by atoms with Crippen molar-refractivity contribution in [2.45, 2.75) is 19.5 Å². The van der Waals surface area contributed by atoms with Crippen LogP contribution < -0.4 is 5.32 Å². The molecule has 0 saturated heterocycles. The lowest BCUT2D eigenvalue weighted by atomic mass is 10.1. The molecule has 146 valence electrons. The topological polar surface area (TPSA) is 46.9 Å². The molecule has 1 amide bonds. The molecule has 4 aromatic rings. The highest BCUT2D eigenvalue weighted by molar-refractivity contribution is 5.94. The molecule has 0 unspecified atom stereocenters. The molecule has 4 nitrogen and oxygen atoms in total. The minimum absolute atomic E-state index is 0.0134. The van der Waals surface area contributed by atoms with Gasteiger partial charge in [0.25, 0.3) is 5.91 Å². The van der Waals surface area contributed by atoms with Crippen LogP contribution in [0.4, 0.5) is 8.78 Å². The summed E-state index contributed by atoms with van der Waals surface area (Å²) in [5.41, 5.74) is 2.58. The SMILES string of the molecule is C[C@@H](NC(=O)c1ccccc1F)c1nc2ccccc2n1Cc1ccc(F)cc1. The molecule has 1 aromatic heterocycles. The largest absolute Gasteiger partial charge is 0.342 e. The van der Waals surface area contributed by atoms with Crippen LogP contribution in [-0.2, 0) is 6.54 Å². The van der Waals surface area contributed by atoms with Crippen LogP contribution in [0.5, 0.6) is 0 Å². The third-order valence-corrected chi connectivity index (χ3v) is 4.79. The molecule has 1 atom stereocenters. The predicted molar refractivity (Wildman–Crippen MR) is 108 cm³/mol. The van der Waals surface area contributed by atoms with Gasteiger partial charge in [-0.3, -0.25) is 4.79 Å². The van der Waals surface area contributed by atoms with Gasteiger partial charge in [-0.25, -0.2) is 13.8 Å². The number of amides is 1. The Morgan fingerprint density at radius 1 is 1.00 bits per heavy atom. The summed E-state index contributed by atoms with van der Waals surface area (Å²) in [5, 5.41) is 2.83. The zero-order valence-electron chi connectivity index (χ0n) is 15.8. The average Bonchev–Trinajstić information content (AvgIpc) is 3.08. The summed E-state index contributed by atoms with van der Waals surface area (Å²) in [6.07, 6.45) is 0. The van der Waals surface area contributed by atoms with Gasteiger partial charge < -0.3 is 9.88 Å². The number of nitrogens with one attached hydrogen (secondary N) is 1. The molecule has 1 heterocycles. The van der Waals surface area contributed by atoms with Crippen LogP contribution in [0, 0.1) is 11.6 Å². The van der Waals surface area contributed by atoms with Crippen molar-refractivity contribution in [2.75, 3.05) is 0 Å². The Hall–Kier alpha value is -3.54. The minimum atomic E-state index is -0.572. The molecule has 0 aliphatic rings. The number of rotatable bonds is 5. The van der Waals surface area contributed by atoms with Gasteiger partial charge in [0.05, 0.1) is 22.6 Å². The standard InChI is InChI=1S/C23H19F2N3O/c1-15(26-23(29)18-6-2-3-7-19(18)25)22-27-20-8-4-5-9-21(20)28(22)14-16-10-12-17(24)13-11-16/h2-13,15H,14H2,1H3,(H,26,29)/t15-/m1/s1. The number of imidazole rings is 1. The van der Waals surface area contributed by atoms with Crippen LogP contribution in [0.25, 0.3) is 11.0 Å². The summed E-state index contributed by atoms with van der Waals surface area (Å²) >= 11 is 0. The zero-order valence-corrected chi connectivity index (χ0v) is 15.8. The molecule has 3 aromatic carbocycles. The molecule has 0 saturated carbocycles. The maximum Gasteiger partial charge on any atom is 0.254 e. The van der Waals surface area contributed by atoms with E-state index in [0.29, 0.717) is 12.4 Å². The van der Waals surface area contributed by atoms with Crippen molar-refractivity contribution in [2.24, 2.45) is 0 Å². The smallest absolute Gasteiger partial charge is 0.254 e. The first-order valence-corrected chi connectivity index (χ1v) is 9.28. The van der Waals surface area contributed by atoms with E-state index >= 15 is 0 Å². The number of hydrogen-bond acceptors (Lipinski definition) is 2. The fourth-order valence-corrected chi connectivity index (χ4v) is 3.35. The van der Waals surface area contributed by atoms with E-state index in [1.165, 1.54) is 30.3 Å². The number of fused-ring (bicyclic) bond motifs is 1. The van der Waals surface area contributed by atoms with Crippen LogP contribution >= 0.6 is 0 Å². The van der Waals surface area contributed by atoms with Crippen molar-refractivity contribution in [1.82, 2.24) is 14.9 Å². The Bertz CT molecular complexity index is 1170.